The fourth-order valence-corrected chi connectivity index (χ4v) is 3.42. The van der Waals surface area contributed by atoms with Crippen molar-refractivity contribution in [2.75, 3.05) is 13.7 Å². The molecule has 9 heteroatoms. The molecule has 1 heterocycles. The smallest absolute Gasteiger partial charge is 0.395 e. The van der Waals surface area contributed by atoms with Crippen molar-refractivity contribution in [2.45, 2.75) is 23.7 Å². The van der Waals surface area contributed by atoms with Gasteiger partial charge in [-0.05, 0) is 42.8 Å². The highest BCUT2D eigenvalue weighted by atomic mass is 35.5. The maximum absolute atomic E-state index is 13.5. The van der Waals surface area contributed by atoms with E-state index in [1.807, 2.05) is 0 Å². The summed E-state index contributed by atoms with van der Waals surface area (Å²) in [7, 11) is 1.33. The van der Waals surface area contributed by atoms with E-state index in [1.165, 1.54) is 54.2 Å². The first-order chi connectivity index (χ1) is 11.7. The minimum absolute atomic E-state index is 0.0654. The number of pyridine rings is 1. The third-order valence-electron chi connectivity index (χ3n) is 3.41. The van der Waals surface area contributed by atoms with Crippen LogP contribution in [0.25, 0.3) is 0 Å². The SMILES string of the molecule is CN(Sc1ccc(=O)n(CCO)c1)[C@H](c1ccc(Cl)cc1)C(F)(F)F. The number of halogens is 4. The number of aliphatic hydroxyl groups is 1. The van der Waals surface area contributed by atoms with Gasteiger partial charge in [0.15, 0.2) is 0 Å². The molecule has 0 amide bonds. The molecule has 0 aliphatic carbocycles. The van der Waals surface area contributed by atoms with Crippen molar-refractivity contribution in [3.8, 4) is 0 Å². The van der Waals surface area contributed by atoms with Crippen molar-refractivity contribution >= 4 is 23.5 Å². The van der Waals surface area contributed by atoms with Crippen molar-refractivity contribution in [1.29, 1.82) is 0 Å². The highest BCUT2D eigenvalue weighted by molar-refractivity contribution is 7.97. The molecule has 0 spiro atoms. The lowest BCUT2D eigenvalue weighted by Gasteiger charge is -2.29. The molecule has 0 aliphatic heterocycles. The molecule has 25 heavy (non-hydrogen) atoms. The Balaban J connectivity index is 2.28. The van der Waals surface area contributed by atoms with Gasteiger partial charge >= 0.3 is 6.18 Å². The summed E-state index contributed by atoms with van der Waals surface area (Å²) < 4.78 is 43.0. The number of alkyl halides is 3. The Labute approximate surface area is 152 Å². The summed E-state index contributed by atoms with van der Waals surface area (Å²) in [4.78, 5) is 12.1. The maximum Gasteiger partial charge on any atom is 0.408 e. The first kappa shape index (κ1) is 19.8. The average Bonchev–Trinajstić information content (AvgIpc) is 2.52. The maximum atomic E-state index is 13.5. The van der Waals surface area contributed by atoms with E-state index >= 15 is 0 Å². The number of hydrogen-bond donors (Lipinski definition) is 1. The van der Waals surface area contributed by atoms with E-state index in [9.17, 15) is 18.0 Å². The molecule has 0 radical (unpaired) electrons. The second-order valence-electron chi connectivity index (χ2n) is 5.25. The predicted octanol–water partition coefficient (Wildman–Crippen LogP) is 3.74. The van der Waals surface area contributed by atoms with Gasteiger partial charge in [0.2, 0.25) is 0 Å². The Kier molecular flexibility index (Phi) is 6.56. The summed E-state index contributed by atoms with van der Waals surface area (Å²) in [6.07, 6.45) is -3.07. The lowest BCUT2D eigenvalue weighted by Crippen LogP contribution is -2.32. The van der Waals surface area contributed by atoms with Gasteiger partial charge in [0.25, 0.3) is 5.56 Å². The van der Waals surface area contributed by atoms with E-state index in [1.54, 1.807) is 0 Å². The van der Waals surface area contributed by atoms with E-state index in [4.69, 9.17) is 16.7 Å². The Morgan fingerprint density at radius 1 is 1.24 bits per heavy atom. The highest BCUT2D eigenvalue weighted by Gasteiger charge is 2.44. The van der Waals surface area contributed by atoms with Gasteiger partial charge in [0.05, 0.1) is 6.61 Å². The Morgan fingerprint density at radius 3 is 2.44 bits per heavy atom. The molecule has 2 aromatic rings. The third kappa shape index (κ3) is 5.24. The van der Waals surface area contributed by atoms with Gasteiger partial charge in [-0.3, -0.25) is 4.79 Å². The number of aliphatic hydroxyl groups excluding tert-OH is 1. The van der Waals surface area contributed by atoms with Crippen molar-refractivity contribution < 1.29 is 18.3 Å². The molecule has 2 rings (SSSR count). The van der Waals surface area contributed by atoms with E-state index in [0.29, 0.717) is 9.92 Å². The molecule has 0 saturated carbocycles. The van der Waals surface area contributed by atoms with E-state index in [0.717, 1.165) is 16.3 Å². The molecular formula is C16H16ClF3N2O2S. The van der Waals surface area contributed by atoms with Crippen LogP contribution in [0.4, 0.5) is 13.2 Å². The Bertz CT molecular complexity index is 765. The average molecular weight is 393 g/mol. The van der Waals surface area contributed by atoms with Crippen molar-refractivity contribution in [2.24, 2.45) is 0 Å². The van der Waals surface area contributed by atoms with Crippen LogP contribution in [0, 0.1) is 0 Å². The van der Waals surface area contributed by atoms with Crippen LogP contribution in [0.2, 0.25) is 5.02 Å². The minimum atomic E-state index is -4.49. The molecule has 1 aromatic carbocycles. The number of nitrogens with zero attached hydrogens (tertiary/aromatic N) is 2. The van der Waals surface area contributed by atoms with Gasteiger partial charge in [0.1, 0.15) is 6.04 Å². The molecule has 0 unspecified atom stereocenters. The Morgan fingerprint density at radius 2 is 1.88 bits per heavy atom. The quantitative estimate of drug-likeness (QED) is 0.761. The van der Waals surface area contributed by atoms with Gasteiger partial charge in [-0.1, -0.05) is 23.7 Å². The summed E-state index contributed by atoms with van der Waals surface area (Å²) in [6, 6.07) is 6.37. The largest absolute Gasteiger partial charge is 0.408 e. The molecule has 1 atom stereocenters. The van der Waals surface area contributed by atoms with Crippen LogP contribution in [0.5, 0.6) is 0 Å². The number of rotatable bonds is 6. The first-order valence-electron chi connectivity index (χ1n) is 7.26. The molecular weight excluding hydrogens is 377 g/mol. The van der Waals surface area contributed by atoms with Gasteiger partial charge < -0.3 is 9.67 Å². The fourth-order valence-electron chi connectivity index (χ4n) is 2.31. The number of hydrogen-bond acceptors (Lipinski definition) is 4. The van der Waals surface area contributed by atoms with E-state index < -0.39 is 12.2 Å². The summed E-state index contributed by atoms with van der Waals surface area (Å²) in [5.41, 5.74) is -0.262. The summed E-state index contributed by atoms with van der Waals surface area (Å²) in [6.45, 7) is -0.156. The van der Waals surface area contributed by atoms with Gasteiger partial charge in [-0.25, -0.2) is 4.31 Å². The molecule has 0 fully saturated rings. The van der Waals surface area contributed by atoms with E-state index in [2.05, 4.69) is 0 Å². The van der Waals surface area contributed by atoms with Gasteiger partial charge in [-0.2, -0.15) is 13.2 Å². The molecule has 1 aromatic heterocycles. The lowest BCUT2D eigenvalue weighted by molar-refractivity contribution is -0.169. The highest BCUT2D eigenvalue weighted by Crippen LogP contribution is 2.41. The van der Waals surface area contributed by atoms with Crippen LogP contribution in [0.15, 0.2) is 52.3 Å². The van der Waals surface area contributed by atoms with Crippen LogP contribution in [0.3, 0.4) is 0 Å². The summed E-state index contributed by atoms with van der Waals surface area (Å²) in [5, 5.41) is 9.30. The zero-order valence-corrected chi connectivity index (χ0v) is 14.8. The van der Waals surface area contributed by atoms with Crippen molar-refractivity contribution in [3.05, 3.63) is 63.5 Å². The zero-order chi connectivity index (χ0) is 18.6. The topological polar surface area (TPSA) is 45.5 Å². The minimum Gasteiger partial charge on any atom is -0.395 e. The van der Waals surface area contributed by atoms with Crippen LogP contribution in [0.1, 0.15) is 11.6 Å². The second kappa shape index (κ2) is 8.27. The van der Waals surface area contributed by atoms with Crippen LogP contribution in [-0.2, 0) is 6.54 Å². The normalized spacial score (nSPS) is 13.2. The molecule has 0 saturated heterocycles. The molecule has 4 nitrogen and oxygen atoms in total. The monoisotopic (exact) mass is 392 g/mol. The molecule has 136 valence electrons. The predicted molar refractivity (Wildman–Crippen MR) is 91.7 cm³/mol. The van der Waals surface area contributed by atoms with Crippen LogP contribution in [-0.4, -0.2) is 33.8 Å². The lowest BCUT2D eigenvalue weighted by atomic mass is 10.1. The standard InChI is InChI=1S/C16H16ClF3N2O2S/c1-21(25-13-6-7-14(24)22(10-13)8-9-23)15(16(18,19)20)11-2-4-12(17)5-3-11/h2-7,10,15,23H,8-9H2,1H3/t15-/m1/s1. The van der Waals surface area contributed by atoms with Crippen LogP contribution < -0.4 is 5.56 Å². The molecule has 0 aliphatic rings. The summed E-state index contributed by atoms with van der Waals surface area (Å²) in [5.74, 6) is 0. The van der Waals surface area contributed by atoms with Gasteiger partial charge in [0, 0.05) is 28.7 Å². The van der Waals surface area contributed by atoms with Crippen LogP contribution >= 0.6 is 23.5 Å². The Hall–Kier alpha value is -1.48. The molecule has 0 bridgehead atoms. The van der Waals surface area contributed by atoms with Gasteiger partial charge in [-0.15, -0.1) is 0 Å². The molecule has 1 N–H and O–H groups in total. The van der Waals surface area contributed by atoms with Crippen molar-refractivity contribution in [3.63, 3.8) is 0 Å². The van der Waals surface area contributed by atoms with Crippen molar-refractivity contribution in [1.82, 2.24) is 8.87 Å². The summed E-state index contributed by atoms with van der Waals surface area (Å²) >= 11 is 6.61. The number of benzene rings is 1. The second-order valence-corrected chi connectivity index (χ2v) is 6.92. The zero-order valence-electron chi connectivity index (χ0n) is 13.2. The first-order valence-corrected chi connectivity index (χ1v) is 8.42. The fraction of sp³-hybridized carbons (Fsp3) is 0.312. The number of aromatic nitrogens is 1. The van der Waals surface area contributed by atoms with E-state index in [-0.39, 0.29) is 24.3 Å². The third-order valence-corrected chi connectivity index (χ3v) is 4.61.